The quantitative estimate of drug-likeness (QED) is 0.726. The molecule has 1 aromatic carbocycles. The number of hydrogen-bond donors (Lipinski definition) is 2. The van der Waals surface area contributed by atoms with Crippen LogP contribution in [0.2, 0.25) is 0 Å². The molecule has 25 heavy (non-hydrogen) atoms. The van der Waals surface area contributed by atoms with Gasteiger partial charge in [0.2, 0.25) is 10.0 Å². The fourth-order valence-electron chi connectivity index (χ4n) is 2.35. The van der Waals surface area contributed by atoms with Crippen LogP contribution >= 0.6 is 0 Å². The number of aliphatic hydroxyl groups excluding tert-OH is 1. The zero-order chi connectivity index (χ0) is 18.2. The van der Waals surface area contributed by atoms with E-state index in [2.05, 4.69) is 10.1 Å². The molecule has 7 nitrogen and oxygen atoms in total. The summed E-state index contributed by atoms with van der Waals surface area (Å²) < 4.78 is 56.2. The number of hydrogen-bond acceptors (Lipinski definition) is 6. The zero-order valence-corrected chi connectivity index (χ0v) is 13.3. The molecule has 130 valence electrons. The van der Waals surface area contributed by atoms with Gasteiger partial charge in [0.05, 0.1) is 5.56 Å². The van der Waals surface area contributed by atoms with Gasteiger partial charge in [0.15, 0.2) is 5.76 Å². The normalized spacial score (nSPS) is 11.7. The van der Waals surface area contributed by atoms with Crippen molar-refractivity contribution in [2.24, 2.45) is 5.14 Å². The van der Waals surface area contributed by atoms with Gasteiger partial charge in [-0.3, -0.25) is 4.98 Å². The average Bonchev–Trinajstić information content (AvgIpc) is 3.00. The summed E-state index contributed by atoms with van der Waals surface area (Å²) >= 11 is 0. The first-order valence-corrected chi connectivity index (χ1v) is 8.39. The van der Waals surface area contributed by atoms with Crippen LogP contribution in [0.25, 0.3) is 22.4 Å². The summed E-state index contributed by atoms with van der Waals surface area (Å²) in [7, 11) is -4.43. The van der Waals surface area contributed by atoms with Crippen LogP contribution in [0.3, 0.4) is 0 Å². The Kier molecular flexibility index (Phi) is 4.33. The van der Waals surface area contributed by atoms with Crippen molar-refractivity contribution >= 4 is 10.0 Å². The van der Waals surface area contributed by atoms with E-state index in [0.717, 1.165) is 0 Å². The van der Waals surface area contributed by atoms with E-state index in [1.54, 1.807) is 12.1 Å². The Bertz CT molecular complexity index is 1040. The lowest BCUT2D eigenvalue weighted by Gasteiger charge is -2.08. The predicted octanol–water partition coefficient (Wildman–Crippen LogP) is 1.82. The van der Waals surface area contributed by atoms with Gasteiger partial charge in [0.1, 0.15) is 28.8 Å². The zero-order valence-electron chi connectivity index (χ0n) is 12.5. The molecule has 3 aromatic rings. The Balaban J connectivity index is 2.27. The van der Waals surface area contributed by atoms with Gasteiger partial charge in [-0.05, 0) is 24.3 Å². The number of aromatic nitrogens is 2. The highest BCUT2D eigenvalue weighted by Gasteiger charge is 2.25. The Hall–Kier alpha value is -2.69. The lowest BCUT2D eigenvalue weighted by molar-refractivity contribution is 0.230. The fraction of sp³-hybridized carbons (Fsp3) is 0.0667. The van der Waals surface area contributed by atoms with Crippen LogP contribution in [0.15, 0.2) is 46.1 Å². The maximum atomic E-state index is 14.5. The molecule has 3 N–H and O–H groups in total. The minimum atomic E-state index is -4.43. The number of rotatable bonds is 4. The molecule has 0 spiro atoms. The van der Waals surface area contributed by atoms with Crippen LogP contribution in [-0.2, 0) is 16.6 Å². The maximum Gasteiger partial charge on any atom is 0.241 e. The minimum Gasteiger partial charge on any atom is -0.388 e. The third kappa shape index (κ3) is 3.14. The van der Waals surface area contributed by atoms with Gasteiger partial charge in [-0.1, -0.05) is 5.16 Å². The van der Waals surface area contributed by atoms with Crippen LogP contribution in [-0.4, -0.2) is 23.7 Å². The van der Waals surface area contributed by atoms with Crippen molar-refractivity contribution in [1.29, 1.82) is 0 Å². The van der Waals surface area contributed by atoms with Crippen LogP contribution < -0.4 is 5.14 Å². The second-order valence-electron chi connectivity index (χ2n) is 5.04. The third-order valence-electron chi connectivity index (χ3n) is 3.44. The lowest BCUT2D eigenvalue weighted by Crippen LogP contribution is -2.14. The highest BCUT2D eigenvalue weighted by atomic mass is 32.2. The highest BCUT2D eigenvalue weighted by Crippen LogP contribution is 2.37. The second kappa shape index (κ2) is 6.31. The summed E-state index contributed by atoms with van der Waals surface area (Å²) in [6, 6.07) is 4.36. The Morgan fingerprint density at radius 2 is 2.00 bits per heavy atom. The minimum absolute atomic E-state index is 0.00660. The van der Waals surface area contributed by atoms with Gasteiger partial charge in [0.25, 0.3) is 0 Å². The van der Waals surface area contributed by atoms with Crippen molar-refractivity contribution < 1.29 is 26.8 Å². The molecule has 0 unspecified atom stereocenters. The Morgan fingerprint density at radius 3 is 2.60 bits per heavy atom. The number of primary sulfonamides is 1. The summed E-state index contributed by atoms with van der Waals surface area (Å²) in [5.74, 6) is -2.41. The van der Waals surface area contributed by atoms with E-state index in [1.807, 2.05) is 0 Å². The van der Waals surface area contributed by atoms with Crippen molar-refractivity contribution in [3.05, 3.63) is 54.1 Å². The molecule has 0 saturated heterocycles. The first-order valence-electron chi connectivity index (χ1n) is 6.85. The van der Waals surface area contributed by atoms with Crippen LogP contribution in [0.5, 0.6) is 0 Å². The SMILES string of the molecule is NS(=O)(=O)c1cc(F)c(-c2c(-c3cccnc3)noc2CO)cc1F. The van der Waals surface area contributed by atoms with E-state index in [-0.39, 0.29) is 22.6 Å². The molecular formula is C15H11F2N3O4S. The van der Waals surface area contributed by atoms with Gasteiger partial charge < -0.3 is 9.63 Å². The lowest BCUT2D eigenvalue weighted by atomic mass is 9.99. The molecule has 0 aliphatic heterocycles. The van der Waals surface area contributed by atoms with E-state index >= 15 is 0 Å². The maximum absolute atomic E-state index is 14.5. The Morgan fingerprint density at radius 1 is 1.24 bits per heavy atom. The summed E-state index contributed by atoms with van der Waals surface area (Å²) in [6.07, 6.45) is 2.94. The molecule has 0 bridgehead atoms. The van der Waals surface area contributed by atoms with Crippen molar-refractivity contribution in [1.82, 2.24) is 10.1 Å². The monoisotopic (exact) mass is 367 g/mol. The summed E-state index contributed by atoms with van der Waals surface area (Å²) in [5.41, 5.74) is 0.233. The smallest absolute Gasteiger partial charge is 0.241 e. The van der Waals surface area contributed by atoms with E-state index in [9.17, 15) is 22.3 Å². The number of aliphatic hydroxyl groups is 1. The summed E-state index contributed by atoms with van der Waals surface area (Å²) in [5, 5.41) is 18.0. The molecule has 0 fully saturated rings. The van der Waals surface area contributed by atoms with Crippen LogP contribution in [0.4, 0.5) is 8.78 Å². The van der Waals surface area contributed by atoms with Gasteiger partial charge in [-0.15, -0.1) is 0 Å². The van der Waals surface area contributed by atoms with Crippen molar-refractivity contribution in [3.8, 4) is 22.4 Å². The van der Waals surface area contributed by atoms with Gasteiger partial charge in [-0.2, -0.15) is 0 Å². The number of pyridine rings is 1. The van der Waals surface area contributed by atoms with E-state index < -0.39 is 33.2 Å². The largest absolute Gasteiger partial charge is 0.388 e. The first-order chi connectivity index (χ1) is 11.8. The average molecular weight is 367 g/mol. The standard InChI is InChI=1S/C15H11F2N3O4S/c16-10-5-13(25(18,22)23)11(17)4-9(10)14-12(7-21)24-20-15(14)8-2-1-3-19-6-8/h1-6,21H,7H2,(H2,18,22,23). The fourth-order valence-corrected chi connectivity index (χ4v) is 2.95. The molecule has 2 aromatic heterocycles. The van der Waals surface area contributed by atoms with Crippen LogP contribution in [0.1, 0.15) is 5.76 Å². The molecule has 0 amide bonds. The number of sulfonamides is 1. The molecule has 10 heteroatoms. The molecule has 0 aliphatic carbocycles. The molecule has 0 aliphatic rings. The summed E-state index contributed by atoms with van der Waals surface area (Å²) in [4.78, 5) is 2.94. The number of halogens is 2. The van der Waals surface area contributed by atoms with Gasteiger partial charge in [0, 0.05) is 23.5 Å². The highest BCUT2D eigenvalue weighted by molar-refractivity contribution is 7.89. The number of benzene rings is 1. The summed E-state index contributed by atoms with van der Waals surface area (Å²) in [6.45, 7) is -0.624. The van der Waals surface area contributed by atoms with Gasteiger partial charge >= 0.3 is 0 Å². The first kappa shape index (κ1) is 17.1. The van der Waals surface area contributed by atoms with Crippen molar-refractivity contribution in [2.45, 2.75) is 11.5 Å². The molecule has 0 atom stereocenters. The van der Waals surface area contributed by atoms with Crippen LogP contribution in [0, 0.1) is 11.6 Å². The van der Waals surface area contributed by atoms with E-state index in [1.165, 1.54) is 12.4 Å². The van der Waals surface area contributed by atoms with Crippen molar-refractivity contribution in [2.75, 3.05) is 0 Å². The van der Waals surface area contributed by atoms with Gasteiger partial charge in [-0.25, -0.2) is 22.3 Å². The number of nitrogens with two attached hydrogens (primary N) is 1. The van der Waals surface area contributed by atoms with E-state index in [0.29, 0.717) is 17.7 Å². The van der Waals surface area contributed by atoms with Crippen molar-refractivity contribution in [3.63, 3.8) is 0 Å². The number of nitrogens with zero attached hydrogens (tertiary/aromatic N) is 2. The second-order valence-corrected chi connectivity index (χ2v) is 6.57. The molecule has 3 rings (SSSR count). The third-order valence-corrected chi connectivity index (χ3v) is 4.36. The topological polar surface area (TPSA) is 119 Å². The predicted molar refractivity (Wildman–Crippen MR) is 82.4 cm³/mol. The Labute approximate surface area is 140 Å². The molecular weight excluding hydrogens is 356 g/mol. The molecule has 2 heterocycles. The van der Waals surface area contributed by atoms with E-state index in [4.69, 9.17) is 9.66 Å². The molecule has 0 radical (unpaired) electrons. The molecule has 0 saturated carbocycles.